The summed E-state index contributed by atoms with van der Waals surface area (Å²) >= 11 is 1.50. The van der Waals surface area contributed by atoms with Crippen molar-refractivity contribution in [3.8, 4) is 0 Å². The van der Waals surface area contributed by atoms with Gasteiger partial charge < -0.3 is 10.2 Å². The highest BCUT2D eigenvalue weighted by molar-refractivity contribution is 8.00. The Kier molecular flexibility index (Phi) is 4.60. The van der Waals surface area contributed by atoms with E-state index in [4.69, 9.17) is 0 Å². The molecule has 0 spiro atoms. The summed E-state index contributed by atoms with van der Waals surface area (Å²) in [6.45, 7) is 1.53. The van der Waals surface area contributed by atoms with Crippen molar-refractivity contribution in [2.75, 3.05) is 25.9 Å². The molecule has 1 N–H and O–H groups in total. The fourth-order valence-corrected chi connectivity index (χ4v) is 3.29. The van der Waals surface area contributed by atoms with Crippen LogP contribution in [0.5, 0.6) is 0 Å². The van der Waals surface area contributed by atoms with Crippen molar-refractivity contribution >= 4 is 17.7 Å². The molecule has 98 valence electrons. The molecule has 1 amide bonds. The lowest BCUT2D eigenvalue weighted by Gasteiger charge is -2.24. The minimum absolute atomic E-state index is 0.101. The van der Waals surface area contributed by atoms with Gasteiger partial charge in [0.2, 0.25) is 5.91 Å². The molecule has 1 unspecified atom stereocenters. The average Bonchev–Trinajstić information content (AvgIpc) is 2.72. The zero-order chi connectivity index (χ0) is 13.0. The predicted molar refractivity (Wildman–Crippen MR) is 71.9 cm³/mol. The van der Waals surface area contributed by atoms with E-state index in [-0.39, 0.29) is 17.1 Å². The first-order valence-corrected chi connectivity index (χ1v) is 7.09. The topological polar surface area (TPSA) is 32.3 Å². The molecule has 0 aliphatic carbocycles. The molecule has 0 aromatic heterocycles. The van der Waals surface area contributed by atoms with Crippen LogP contribution in [0.25, 0.3) is 0 Å². The largest absolute Gasteiger partial charge is 0.326 e. The van der Waals surface area contributed by atoms with Crippen molar-refractivity contribution in [1.82, 2.24) is 10.2 Å². The van der Waals surface area contributed by atoms with E-state index < -0.39 is 0 Å². The Morgan fingerprint density at radius 2 is 2.28 bits per heavy atom. The lowest BCUT2D eigenvalue weighted by Crippen LogP contribution is -2.31. The highest BCUT2D eigenvalue weighted by Crippen LogP contribution is 2.39. The lowest BCUT2D eigenvalue weighted by atomic mass is 10.2. The van der Waals surface area contributed by atoms with Gasteiger partial charge in [-0.25, -0.2) is 4.39 Å². The number of nitrogens with one attached hydrogen (secondary N) is 1. The fourth-order valence-electron chi connectivity index (χ4n) is 2.06. The Hall–Kier alpha value is -1.07. The van der Waals surface area contributed by atoms with E-state index in [0.717, 1.165) is 13.0 Å². The molecule has 1 heterocycles. The number of rotatable bonds is 5. The molecule has 1 atom stereocenters. The molecule has 1 saturated heterocycles. The normalized spacial score (nSPS) is 19.6. The summed E-state index contributed by atoms with van der Waals surface area (Å²) in [4.78, 5) is 13.6. The van der Waals surface area contributed by atoms with E-state index in [1.54, 1.807) is 17.0 Å². The van der Waals surface area contributed by atoms with Crippen molar-refractivity contribution in [2.24, 2.45) is 0 Å². The molecule has 1 aliphatic heterocycles. The van der Waals surface area contributed by atoms with E-state index in [9.17, 15) is 9.18 Å². The number of carbonyl (C=O) groups is 1. The first-order chi connectivity index (χ1) is 8.74. The predicted octanol–water partition coefficient (Wildman–Crippen LogP) is 2.01. The number of nitrogens with zero attached hydrogens (tertiary/aromatic N) is 1. The number of amides is 1. The van der Waals surface area contributed by atoms with E-state index in [1.165, 1.54) is 17.8 Å². The number of thioether (sulfide) groups is 1. The fraction of sp³-hybridized carbons (Fsp3) is 0.462. The average molecular weight is 268 g/mol. The summed E-state index contributed by atoms with van der Waals surface area (Å²) in [7, 11) is 1.88. The quantitative estimate of drug-likeness (QED) is 0.829. The monoisotopic (exact) mass is 268 g/mol. The van der Waals surface area contributed by atoms with Gasteiger partial charge in [0, 0.05) is 12.1 Å². The van der Waals surface area contributed by atoms with Crippen LogP contribution in [0.1, 0.15) is 17.4 Å². The van der Waals surface area contributed by atoms with Crippen LogP contribution >= 0.6 is 11.8 Å². The second-order valence-electron chi connectivity index (χ2n) is 4.23. The molecule has 1 aromatic carbocycles. The van der Waals surface area contributed by atoms with Crippen LogP contribution in [0.4, 0.5) is 4.39 Å². The Morgan fingerprint density at radius 1 is 1.50 bits per heavy atom. The third kappa shape index (κ3) is 2.84. The summed E-state index contributed by atoms with van der Waals surface area (Å²) in [6, 6.07) is 6.69. The Balaban J connectivity index is 2.11. The van der Waals surface area contributed by atoms with Crippen molar-refractivity contribution < 1.29 is 9.18 Å². The van der Waals surface area contributed by atoms with Crippen molar-refractivity contribution in [2.45, 2.75) is 11.8 Å². The van der Waals surface area contributed by atoms with Crippen molar-refractivity contribution in [3.63, 3.8) is 0 Å². The highest BCUT2D eigenvalue weighted by Gasteiger charge is 2.33. The van der Waals surface area contributed by atoms with Gasteiger partial charge in [-0.3, -0.25) is 4.79 Å². The van der Waals surface area contributed by atoms with Gasteiger partial charge in [-0.15, -0.1) is 11.8 Å². The van der Waals surface area contributed by atoms with Gasteiger partial charge in [0.1, 0.15) is 11.2 Å². The molecule has 1 aromatic rings. The number of carbonyl (C=O) groups excluding carboxylic acids is 1. The number of benzene rings is 1. The van der Waals surface area contributed by atoms with Crippen LogP contribution in [0, 0.1) is 5.82 Å². The molecule has 0 radical (unpaired) electrons. The summed E-state index contributed by atoms with van der Waals surface area (Å²) in [5.41, 5.74) is 0.609. The molecule has 18 heavy (non-hydrogen) atoms. The van der Waals surface area contributed by atoms with Gasteiger partial charge in [0.15, 0.2) is 0 Å². The third-order valence-corrected chi connectivity index (χ3v) is 4.20. The van der Waals surface area contributed by atoms with Crippen LogP contribution in [-0.4, -0.2) is 36.7 Å². The maximum atomic E-state index is 13.8. The van der Waals surface area contributed by atoms with Crippen LogP contribution in [0.2, 0.25) is 0 Å². The summed E-state index contributed by atoms with van der Waals surface area (Å²) in [6.07, 6.45) is 0.883. The number of hydrogen-bond donors (Lipinski definition) is 1. The van der Waals surface area contributed by atoms with Crippen LogP contribution in [0.3, 0.4) is 0 Å². The summed E-state index contributed by atoms with van der Waals surface area (Å²) in [5, 5.41) is 2.88. The van der Waals surface area contributed by atoms with Crippen LogP contribution < -0.4 is 5.32 Å². The van der Waals surface area contributed by atoms with Gasteiger partial charge in [-0.1, -0.05) is 18.2 Å². The van der Waals surface area contributed by atoms with E-state index in [2.05, 4.69) is 5.32 Å². The second kappa shape index (κ2) is 6.20. The Labute approximate surface area is 111 Å². The van der Waals surface area contributed by atoms with Crippen LogP contribution in [0.15, 0.2) is 24.3 Å². The summed E-state index contributed by atoms with van der Waals surface area (Å²) in [5.74, 6) is 0.311. The standard InChI is InChI=1S/C13H17FN2OS/c1-15-7-4-8-16-12(17)9-18-13(16)10-5-2-3-6-11(10)14/h2-3,5-6,13,15H,4,7-9H2,1H3. The van der Waals surface area contributed by atoms with Gasteiger partial charge in [-0.2, -0.15) is 0 Å². The SMILES string of the molecule is CNCCCN1C(=O)CSC1c1ccccc1F. The Bertz CT molecular complexity index is 427. The molecule has 5 heteroatoms. The molecule has 1 aliphatic rings. The smallest absolute Gasteiger partial charge is 0.233 e. The molecule has 0 bridgehead atoms. The molecular weight excluding hydrogens is 251 g/mol. The maximum absolute atomic E-state index is 13.8. The number of hydrogen-bond acceptors (Lipinski definition) is 3. The molecule has 0 saturated carbocycles. The van der Waals surface area contributed by atoms with E-state index >= 15 is 0 Å². The molecular formula is C13H17FN2OS. The maximum Gasteiger partial charge on any atom is 0.233 e. The van der Waals surface area contributed by atoms with E-state index in [1.807, 2.05) is 13.1 Å². The molecule has 1 fully saturated rings. The van der Waals surface area contributed by atoms with Gasteiger partial charge in [0.05, 0.1) is 5.75 Å². The van der Waals surface area contributed by atoms with Crippen molar-refractivity contribution in [3.05, 3.63) is 35.6 Å². The first kappa shape index (κ1) is 13.4. The van der Waals surface area contributed by atoms with Gasteiger partial charge in [-0.05, 0) is 26.1 Å². The van der Waals surface area contributed by atoms with Crippen molar-refractivity contribution in [1.29, 1.82) is 0 Å². The third-order valence-electron chi connectivity index (χ3n) is 2.97. The molecule has 3 nitrogen and oxygen atoms in total. The number of halogens is 1. The summed E-state index contributed by atoms with van der Waals surface area (Å²) < 4.78 is 13.8. The van der Waals surface area contributed by atoms with E-state index in [0.29, 0.717) is 17.9 Å². The zero-order valence-electron chi connectivity index (χ0n) is 10.4. The molecule has 2 rings (SSSR count). The first-order valence-electron chi connectivity index (χ1n) is 6.04. The lowest BCUT2D eigenvalue weighted by molar-refractivity contribution is -0.128. The van der Waals surface area contributed by atoms with Crippen LogP contribution in [-0.2, 0) is 4.79 Å². The van der Waals surface area contributed by atoms with Gasteiger partial charge >= 0.3 is 0 Å². The van der Waals surface area contributed by atoms with Gasteiger partial charge in [0.25, 0.3) is 0 Å². The second-order valence-corrected chi connectivity index (χ2v) is 5.30. The highest BCUT2D eigenvalue weighted by atomic mass is 32.2. The zero-order valence-corrected chi connectivity index (χ0v) is 11.2. The minimum Gasteiger partial charge on any atom is -0.326 e. The Morgan fingerprint density at radius 3 is 3.00 bits per heavy atom. The minimum atomic E-state index is -0.233.